The lowest BCUT2D eigenvalue weighted by atomic mass is 9.97. The molecule has 2 amide bonds. The summed E-state index contributed by atoms with van der Waals surface area (Å²) in [5.41, 5.74) is 3.37. The molecule has 5 aromatic rings. The maximum Gasteiger partial charge on any atom is 0.326 e. The number of aliphatic carboxylic acids is 1. The van der Waals surface area contributed by atoms with Gasteiger partial charge in [-0.25, -0.2) is 4.79 Å². The van der Waals surface area contributed by atoms with Crippen LogP contribution in [-0.2, 0) is 11.2 Å². The molecule has 5 rings (SSSR count). The topological polar surface area (TPSA) is 78.9 Å². The second kappa shape index (κ2) is 15.6. The average Bonchev–Trinajstić information content (AvgIpc) is 3.06. The number of nitrogens with one attached hydrogen (secondary N) is 1. The van der Waals surface area contributed by atoms with Gasteiger partial charge in [0.2, 0.25) is 0 Å². The number of carboxylic acid groups (broad SMARTS) is 1. The summed E-state index contributed by atoms with van der Waals surface area (Å²) in [6, 6.07) is 42.5. The fourth-order valence-electron chi connectivity index (χ4n) is 5.06. The first-order valence-electron chi connectivity index (χ1n) is 15.0. The predicted molar refractivity (Wildman–Crippen MR) is 182 cm³/mol. The lowest BCUT2D eigenvalue weighted by Gasteiger charge is -2.24. The molecule has 1 unspecified atom stereocenters. The predicted octanol–water partition coefficient (Wildman–Crippen LogP) is 9.88. The van der Waals surface area contributed by atoms with E-state index in [1.165, 1.54) is 5.56 Å². The number of carbonyl (C=O) groups excluding carboxylic acids is 1. The van der Waals surface area contributed by atoms with Crippen molar-refractivity contribution >= 4 is 35.1 Å². The van der Waals surface area contributed by atoms with Gasteiger partial charge >= 0.3 is 12.0 Å². The number of hydrogen-bond donors (Lipinski definition) is 2. The van der Waals surface area contributed by atoms with Crippen LogP contribution in [0.4, 0.5) is 16.2 Å². The number of amides is 2. The SMILES string of the molecule is CCC(C(=O)O)c1ccc(Sc2cccc(N(CCCc3ccccc3)C(=O)Nc3ccccc3Oc3ccccc3)c2)cc1. The maximum absolute atomic E-state index is 13.9. The second-order valence-electron chi connectivity index (χ2n) is 10.5. The van der Waals surface area contributed by atoms with Crippen LogP contribution in [0.1, 0.15) is 36.8 Å². The summed E-state index contributed by atoms with van der Waals surface area (Å²) in [6.07, 6.45) is 2.16. The normalized spacial score (nSPS) is 11.4. The molecule has 0 spiro atoms. The molecule has 2 N–H and O–H groups in total. The van der Waals surface area contributed by atoms with Gasteiger partial charge < -0.3 is 15.2 Å². The highest BCUT2D eigenvalue weighted by molar-refractivity contribution is 7.99. The molecule has 0 aliphatic rings. The minimum absolute atomic E-state index is 0.252. The third-order valence-corrected chi connectivity index (χ3v) is 8.39. The van der Waals surface area contributed by atoms with E-state index in [1.54, 1.807) is 16.7 Å². The van der Waals surface area contributed by atoms with Crippen molar-refractivity contribution in [3.05, 3.63) is 145 Å². The van der Waals surface area contributed by atoms with Crippen molar-refractivity contribution < 1.29 is 19.4 Å². The van der Waals surface area contributed by atoms with Crippen LogP contribution in [0.25, 0.3) is 0 Å². The van der Waals surface area contributed by atoms with Crippen molar-refractivity contribution in [2.75, 3.05) is 16.8 Å². The van der Waals surface area contributed by atoms with Crippen molar-refractivity contribution in [1.29, 1.82) is 0 Å². The van der Waals surface area contributed by atoms with E-state index in [1.807, 2.05) is 128 Å². The Morgan fingerprint density at radius 1 is 0.800 bits per heavy atom. The first kappa shape index (κ1) is 31.4. The van der Waals surface area contributed by atoms with E-state index < -0.39 is 11.9 Å². The van der Waals surface area contributed by atoms with Gasteiger partial charge in [-0.2, -0.15) is 0 Å². The molecular weight excluding hydrogens is 580 g/mol. The molecular formula is C38H36N2O4S. The standard InChI is InChI=1S/C38H36N2O4S/c1-2-34(37(41)42)29-22-24-32(25-23-29)45-33-19-11-16-30(27-33)40(26-12-15-28-13-5-3-6-14-28)38(43)39-35-20-9-10-21-36(35)44-31-17-7-4-8-18-31/h3-11,13-14,16-25,27,34H,2,12,15,26H2,1H3,(H,39,43)(H,41,42). The van der Waals surface area contributed by atoms with E-state index in [4.69, 9.17) is 4.74 Å². The minimum atomic E-state index is -0.814. The van der Waals surface area contributed by atoms with E-state index in [9.17, 15) is 14.7 Å². The molecule has 45 heavy (non-hydrogen) atoms. The number of rotatable bonds is 13. The van der Waals surface area contributed by atoms with Crippen LogP contribution >= 0.6 is 11.8 Å². The number of hydrogen-bond acceptors (Lipinski definition) is 4. The van der Waals surface area contributed by atoms with Gasteiger partial charge in [0.1, 0.15) is 5.75 Å². The largest absolute Gasteiger partial charge is 0.481 e. The molecule has 0 saturated heterocycles. The Morgan fingerprint density at radius 2 is 1.49 bits per heavy atom. The summed E-state index contributed by atoms with van der Waals surface area (Å²) in [6.45, 7) is 2.39. The highest BCUT2D eigenvalue weighted by atomic mass is 32.2. The van der Waals surface area contributed by atoms with Crippen molar-refractivity contribution in [3.63, 3.8) is 0 Å². The van der Waals surface area contributed by atoms with Crippen LogP contribution in [0, 0.1) is 0 Å². The molecule has 0 bridgehead atoms. The minimum Gasteiger partial charge on any atom is -0.481 e. The number of para-hydroxylation sites is 3. The first-order valence-corrected chi connectivity index (χ1v) is 15.9. The zero-order valence-corrected chi connectivity index (χ0v) is 26.0. The summed E-state index contributed by atoms with van der Waals surface area (Å²) in [5, 5.41) is 12.6. The molecule has 0 fully saturated rings. The van der Waals surface area contributed by atoms with Gasteiger partial charge in [0.25, 0.3) is 0 Å². The molecule has 0 radical (unpaired) electrons. The molecule has 0 heterocycles. The van der Waals surface area contributed by atoms with Crippen molar-refractivity contribution in [2.45, 2.75) is 41.9 Å². The summed E-state index contributed by atoms with van der Waals surface area (Å²) in [7, 11) is 0. The highest BCUT2D eigenvalue weighted by Gasteiger charge is 2.19. The van der Waals surface area contributed by atoms with E-state index in [2.05, 4.69) is 17.4 Å². The van der Waals surface area contributed by atoms with Crippen LogP contribution in [0.2, 0.25) is 0 Å². The van der Waals surface area contributed by atoms with E-state index in [0.29, 0.717) is 30.2 Å². The number of anilines is 2. The number of ether oxygens (including phenoxy) is 1. The van der Waals surface area contributed by atoms with E-state index in [0.717, 1.165) is 33.9 Å². The molecule has 7 heteroatoms. The number of carboxylic acids is 1. The average molecular weight is 617 g/mol. The molecule has 0 aliphatic carbocycles. The summed E-state index contributed by atoms with van der Waals surface area (Å²) < 4.78 is 6.09. The molecule has 1 atom stereocenters. The summed E-state index contributed by atoms with van der Waals surface area (Å²) in [4.78, 5) is 29.2. The molecule has 0 aliphatic heterocycles. The van der Waals surface area contributed by atoms with Gasteiger partial charge in [-0.05, 0) is 85.0 Å². The number of urea groups is 1. The highest BCUT2D eigenvalue weighted by Crippen LogP contribution is 2.33. The number of benzene rings is 5. The zero-order valence-electron chi connectivity index (χ0n) is 25.1. The Labute approximate surface area is 268 Å². The van der Waals surface area contributed by atoms with Gasteiger partial charge in [0.05, 0.1) is 11.6 Å². The van der Waals surface area contributed by atoms with Crippen molar-refractivity contribution in [2.24, 2.45) is 0 Å². The monoisotopic (exact) mass is 616 g/mol. The Morgan fingerprint density at radius 3 is 2.20 bits per heavy atom. The summed E-state index contributed by atoms with van der Waals surface area (Å²) >= 11 is 1.57. The van der Waals surface area contributed by atoms with Crippen LogP contribution in [0.3, 0.4) is 0 Å². The third-order valence-electron chi connectivity index (χ3n) is 7.39. The molecule has 6 nitrogen and oxygen atoms in total. The zero-order chi connectivity index (χ0) is 31.4. The maximum atomic E-state index is 13.9. The Kier molecular flexibility index (Phi) is 10.9. The lowest BCUT2D eigenvalue weighted by molar-refractivity contribution is -0.138. The fourth-order valence-corrected chi connectivity index (χ4v) is 5.93. The number of carbonyl (C=O) groups is 2. The van der Waals surface area contributed by atoms with Crippen LogP contribution in [0.5, 0.6) is 11.5 Å². The Hall–Kier alpha value is -5.01. The molecule has 5 aromatic carbocycles. The third kappa shape index (κ3) is 8.77. The Bertz CT molecular complexity index is 1690. The van der Waals surface area contributed by atoms with Gasteiger partial charge in [0.15, 0.2) is 5.75 Å². The quantitative estimate of drug-likeness (QED) is 0.138. The van der Waals surface area contributed by atoms with Gasteiger partial charge in [0, 0.05) is 22.0 Å². The van der Waals surface area contributed by atoms with Crippen LogP contribution < -0.4 is 15.0 Å². The number of aryl methyl sites for hydroxylation is 1. The lowest BCUT2D eigenvalue weighted by Crippen LogP contribution is -2.36. The fraction of sp³-hybridized carbons (Fsp3) is 0.158. The summed E-state index contributed by atoms with van der Waals surface area (Å²) in [5.74, 6) is -0.0869. The van der Waals surface area contributed by atoms with Gasteiger partial charge in [-0.3, -0.25) is 9.69 Å². The van der Waals surface area contributed by atoms with Gasteiger partial charge in [-0.1, -0.05) is 97.5 Å². The number of nitrogens with zero attached hydrogens (tertiary/aromatic N) is 1. The second-order valence-corrected chi connectivity index (χ2v) is 11.7. The van der Waals surface area contributed by atoms with Crippen LogP contribution in [0.15, 0.2) is 143 Å². The Balaban J connectivity index is 1.36. The molecule has 228 valence electrons. The van der Waals surface area contributed by atoms with Crippen LogP contribution in [-0.4, -0.2) is 23.7 Å². The van der Waals surface area contributed by atoms with Crippen molar-refractivity contribution in [1.82, 2.24) is 0 Å². The van der Waals surface area contributed by atoms with E-state index >= 15 is 0 Å². The molecule has 0 saturated carbocycles. The van der Waals surface area contributed by atoms with Crippen molar-refractivity contribution in [3.8, 4) is 11.5 Å². The molecule has 0 aromatic heterocycles. The smallest absolute Gasteiger partial charge is 0.326 e. The van der Waals surface area contributed by atoms with Gasteiger partial charge in [-0.15, -0.1) is 0 Å². The van der Waals surface area contributed by atoms with E-state index in [-0.39, 0.29) is 6.03 Å². The first-order chi connectivity index (χ1) is 22.0.